The second-order valence-corrected chi connectivity index (χ2v) is 7.38. The molecule has 1 fully saturated rings. The van der Waals surface area contributed by atoms with Crippen molar-refractivity contribution in [3.05, 3.63) is 28.2 Å². The molecule has 1 aliphatic rings. The van der Waals surface area contributed by atoms with Crippen LogP contribution in [0.25, 0.3) is 0 Å². The van der Waals surface area contributed by atoms with E-state index in [0.717, 1.165) is 0 Å². The maximum Gasteiger partial charge on any atom is 0.243 e. The fraction of sp³-hybridized carbons (Fsp3) is 0.500. The summed E-state index contributed by atoms with van der Waals surface area (Å²) in [7, 11) is -3.53. The number of halogens is 2. The van der Waals surface area contributed by atoms with Crippen molar-refractivity contribution in [1.29, 1.82) is 0 Å². The lowest BCUT2D eigenvalue weighted by molar-refractivity contribution is 0.233. The first-order chi connectivity index (χ1) is 8.84. The number of piperazine rings is 1. The van der Waals surface area contributed by atoms with Crippen molar-refractivity contribution >= 4 is 33.2 Å². The highest BCUT2D eigenvalue weighted by Gasteiger charge is 2.34. The molecule has 7 heteroatoms. The van der Waals surface area contributed by atoms with Crippen LogP contribution in [0.4, 0.5) is 0 Å². The summed E-state index contributed by atoms with van der Waals surface area (Å²) < 4.78 is 26.7. The van der Waals surface area contributed by atoms with Crippen molar-refractivity contribution in [2.45, 2.75) is 30.8 Å². The van der Waals surface area contributed by atoms with E-state index < -0.39 is 10.0 Å². The van der Waals surface area contributed by atoms with E-state index in [1.807, 2.05) is 13.8 Å². The minimum absolute atomic E-state index is 0.104. The van der Waals surface area contributed by atoms with Gasteiger partial charge in [0.2, 0.25) is 10.0 Å². The largest absolute Gasteiger partial charge is 0.311 e. The number of rotatable bonds is 2. The van der Waals surface area contributed by atoms with Gasteiger partial charge in [-0.25, -0.2) is 8.42 Å². The van der Waals surface area contributed by atoms with E-state index in [4.69, 9.17) is 23.2 Å². The second-order valence-electron chi connectivity index (χ2n) is 4.68. The Bertz CT molecular complexity index is 577. The van der Waals surface area contributed by atoms with Gasteiger partial charge >= 0.3 is 0 Å². The fourth-order valence-corrected chi connectivity index (χ4v) is 4.23. The number of hydrogen-bond donors (Lipinski definition) is 1. The van der Waals surface area contributed by atoms with Crippen LogP contribution in [0.15, 0.2) is 23.1 Å². The molecule has 0 aliphatic carbocycles. The van der Waals surface area contributed by atoms with Gasteiger partial charge in [0, 0.05) is 25.2 Å². The average molecular weight is 323 g/mol. The lowest BCUT2D eigenvalue weighted by Crippen LogP contribution is -2.57. The van der Waals surface area contributed by atoms with Gasteiger partial charge in [-0.15, -0.1) is 0 Å². The van der Waals surface area contributed by atoms with Crippen LogP contribution < -0.4 is 5.32 Å². The molecule has 1 N–H and O–H groups in total. The van der Waals surface area contributed by atoms with Gasteiger partial charge in [-0.05, 0) is 32.0 Å². The van der Waals surface area contributed by atoms with Gasteiger partial charge in [0.05, 0.1) is 14.9 Å². The lowest BCUT2D eigenvalue weighted by atomic mass is 10.1. The van der Waals surface area contributed by atoms with Gasteiger partial charge in [-0.2, -0.15) is 4.31 Å². The van der Waals surface area contributed by atoms with Crippen LogP contribution >= 0.6 is 23.2 Å². The molecule has 106 valence electrons. The molecule has 2 unspecified atom stereocenters. The Balaban J connectivity index is 2.38. The van der Waals surface area contributed by atoms with E-state index in [9.17, 15) is 8.42 Å². The molecule has 0 aromatic heterocycles. The molecule has 1 aromatic carbocycles. The van der Waals surface area contributed by atoms with Crippen molar-refractivity contribution in [2.24, 2.45) is 0 Å². The highest BCUT2D eigenvalue weighted by Crippen LogP contribution is 2.28. The first kappa shape index (κ1) is 15.1. The smallest absolute Gasteiger partial charge is 0.243 e. The Morgan fingerprint density at radius 3 is 2.58 bits per heavy atom. The molecule has 1 aliphatic heterocycles. The summed E-state index contributed by atoms with van der Waals surface area (Å²) in [5.74, 6) is 0. The monoisotopic (exact) mass is 322 g/mol. The molecule has 0 radical (unpaired) electrons. The quantitative estimate of drug-likeness (QED) is 0.909. The molecule has 1 heterocycles. The zero-order chi connectivity index (χ0) is 14.2. The van der Waals surface area contributed by atoms with Crippen LogP contribution in [0.5, 0.6) is 0 Å². The fourth-order valence-electron chi connectivity index (χ4n) is 2.14. The van der Waals surface area contributed by atoms with Gasteiger partial charge < -0.3 is 5.32 Å². The highest BCUT2D eigenvalue weighted by atomic mass is 35.5. The molecule has 0 saturated carbocycles. The van der Waals surface area contributed by atoms with Crippen LogP contribution in [0.3, 0.4) is 0 Å². The molecule has 0 spiro atoms. The van der Waals surface area contributed by atoms with E-state index in [2.05, 4.69) is 5.32 Å². The summed E-state index contributed by atoms with van der Waals surface area (Å²) in [4.78, 5) is 0.183. The molecule has 19 heavy (non-hydrogen) atoms. The maximum absolute atomic E-state index is 12.6. The summed E-state index contributed by atoms with van der Waals surface area (Å²) in [6.07, 6.45) is 0. The van der Waals surface area contributed by atoms with Crippen molar-refractivity contribution in [2.75, 3.05) is 13.1 Å². The molecule has 2 rings (SSSR count). The van der Waals surface area contributed by atoms with Crippen LogP contribution in [0.2, 0.25) is 10.0 Å². The molecular weight excluding hydrogens is 307 g/mol. The SMILES string of the molecule is CC1NCCN(S(=O)(=O)c2ccc(Cl)c(Cl)c2)C1C. The molecular formula is C12H16Cl2N2O2S. The molecule has 1 saturated heterocycles. The lowest BCUT2D eigenvalue weighted by Gasteiger charge is -2.37. The topological polar surface area (TPSA) is 49.4 Å². The Kier molecular flexibility index (Phi) is 4.42. The highest BCUT2D eigenvalue weighted by molar-refractivity contribution is 7.89. The van der Waals surface area contributed by atoms with Crippen LogP contribution in [0.1, 0.15) is 13.8 Å². The van der Waals surface area contributed by atoms with E-state index in [0.29, 0.717) is 18.1 Å². The number of nitrogens with zero attached hydrogens (tertiary/aromatic N) is 1. The molecule has 1 aromatic rings. The van der Waals surface area contributed by atoms with E-state index in [1.165, 1.54) is 22.5 Å². The molecule has 0 amide bonds. The molecule has 0 bridgehead atoms. The number of benzene rings is 1. The standard InChI is InChI=1S/C12H16Cl2N2O2S/c1-8-9(2)16(6-5-15-8)19(17,18)10-3-4-11(13)12(14)7-10/h3-4,7-9,15H,5-6H2,1-2H3. The molecule has 2 atom stereocenters. The third kappa shape index (κ3) is 2.90. The van der Waals surface area contributed by atoms with Crippen molar-refractivity contribution in [1.82, 2.24) is 9.62 Å². The third-order valence-electron chi connectivity index (χ3n) is 3.47. The summed E-state index contributed by atoms with van der Waals surface area (Å²) in [6.45, 7) is 4.97. The maximum atomic E-state index is 12.6. The summed E-state index contributed by atoms with van der Waals surface area (Å²) in [6, 6.07) is 4.41. The van der Waals surface area contributed by atoms with Crippen molar-refractivity contribution in [3.8, 4) is 0 Å². The average Bonchev–Trinajstić information content (AvgIpc) is 2.35. The van der Waals surface area contributed by atoms with E-state index in [1.54, 1.807) is 0 Å². The van der Waals surface area contributed by atoms with Crippen molar-refractivity contribution < 1.29 is 8.42 Å². The minimum Gasteiger partial charge on any atom is -0.311 e. The molecule has 4 nitrogen and oxygen atoms in total. The predicted molar refractivity (Wildman–Crippen MR) is 77.3 cm³/mol. The number of sulfonamides is 1. The van der Waals surface area contributed by atoms with Gasteiger partial charge in [0.25, 0.3) is 0 Å². The Morgan fingerprint density at radius 2 is 1.95 bits per heavy atom. The van der Waals surface area contributed by atoms with Gasteiger partial charge in [0.1, 0.15) is 0 Å². The normalized spacial score (nSPS) is 25.5. The zero-order valence-corrected chi connectivity index (χ0v) is 13.1. The van der Waals surface area contributed by atoms with Gasteiger partial charge in [-0.3, -0.25) is 0 Å². The Morgan fingerprint density at radius 1 is 1.26 bits per heavy atom. The second kappa shape index (κ2) is 5.58. The van der Waals surface area contributed by atoms with E-state index in [-0.39, 0.29) is 22.0 Å². The summed E-state index contributed by atoms with van der Waals surface area (Å²) in [5.41, 5.74) is 0. The minimum atomic E-state index is -3.53. The van der Waals surface area contributed by atoms with Gasteiger partial charge in [-0.1, -0.05) is 23.2 Å². The summed E-state index contributed by atoms with van der Waals surface area (Å²) >= 11 is 11.7. The first-order valence-electron chi connectivity index (χ1n) is 6.04. The van der Waals surface area contributed by atoms with Crippen LogP contribution in [-0.2, 0) is 10.0 Å². The van der Waals surface area contributed by atoms with Crippen LogP contribution in [-0.4, -0.2) is 37.9 Å². The van der Waals surface area contributed by atoms with Crippen LogP contribution in [0, 0.1) is 0 Å². The third-order valence-corrected chi connectivity index (χ3v) is 6.20. The van der Waals surface area contributed by atoms with Crippen molar-refractivity contribution in [3.63, 3.8) is 0 Å². The summed E-state index contributed by atoms with van der Waals surface area (Å²) in [5, 5.41) is 3.85. The zero-order valence-electron chi connectivity index (χ0n) is 10.7. The predicted octanol–water partition coefficient (Wildman–Crippen LogP) is 2.36. The number of nitrogens with one attached hydrogen (secondary N) is 1. The first-order valence-corrected chi connectivity index (χ1v) is 8.24. The Hall–Kier alpha value is -0.330. The van der Waals surface area contributed by atoms with E-state index >= 15 is 0 Å². The Labute approximate surface area is 123 Å². The van der Waals surface area contributed by atoms with Gasteiger partial charge in [0.15, 0.2) is 0 Å². The number of hydrogen-bond acceptors (Lipinski definition) is 3.